The van der Waals surface area contributed by atoms with Crippen LogP contribution in [0.1, 0.15) is 28.4 Å². The van der Waals surface area contributed by atoms with Gasteiger partial charge in [-0.15, -0.1) is 10.2 Å². The van der Waals surface area contributed by atoms with Gasteiger partial charge in [0.05, 0.1) is 16.8 Å². The smallest absolute Gasteiger partial charge is 0.298 e. The Kier molecular flexibility index (Phi) is 4.33. The molecule has 0 fully saturated rings. The molecule has 1 amide bonds. The molecule has 0 saturated heterocycles. The Labute approximate surface area is 170 Å². The zero-order valence-corrected chi connectivity index (χ0v) is 16.5. The highest BCUT2D eigenvalue weighted by Gasteiger charge is 2.29. The number of nitrogens with zero attached hydrogens (tertiary/aromatic N) is 5. The number of hydrogen-bond donors (Lipinski definition) is 0. The molecule has 1 aliphatic rings. The fourth-order valence-corrected chi connectivity index (χ4v) is 4.66. The first kappa shape index (κ1) is 17.3. The van der Waals surface area contributed by atoms with Gasteiger partial charge in [0.2, 0.25) is 5.82 Å². The number of thiazole rings is 1. The van der Waals surface area contributed by atoms with Crippen molar-refractivity contribution in [1.82, 2.24) is 19.7 Å². The first-order valence-electron chi connectivity index (χ1n) is 9.03. The molecule has 4 aromatic rings. The summed E-state index contributed by atoms with van der Waals surface area (Å²) in [6, 6.07) is 15.4. The van der Waals surface area contributed by atoms with E-state index in [1.807, 2.05) is 53.1 Å². The molecule has 1 aliphatic heterocycles. The van der Waals surface area contributed by atoms with E-state index in [-0.39, 0.29) is 5.91 Å². The number of halogens is 1. The first-order chi connectivity index (χ1) is 13.7. The Balaban J connectivity index is 1.58. The predicted octanol–water partition coefficient (Wildman–Crippen LogP) is 4.33. The second-order valence-corrected chi connectivity index (χ2v) is 8.13. The molecular weight excluding hydrogens is 394 g/mol. The highest BCUT2D eigenvalue weighted by molar-refractivity contribution is 7.22. The zero-order chi connectivity index (χ0) is 19.1. The van der Waals surface area contributed by atoms with Gasteiger partial charge in [-0.3, -0.25) is 9.69 Å². The van der Waals surface area contributed by atoms with Gasteiger partial charge >= 0.3 is 0 Å². The van der Waals surface area contributed by atoms with Gasteiger partial charge in [0.15, 0.2) is 5.13 Å². The van der Waals surface area contributed by atoms with Crippen LogP contribution in [0.5, 0.6) is 0 Å². The topological polar surface area (TPSA) is 63.9 Å². The molecule has 0 unspecified atom stereocenters. The molecule has 0 spiro atoms. The van der Waals surface area contributed by atoms with Crippen molar-refractivity contribution in [2.75, 3.05) is 4.90 Å². The van der Waals surface area contributed by atoms with Crippen LogP contribution < -0.4 is 4.90 Å². The van der Waals surface area contributed by atoms with E-state index in [1.54, 1.807) is 4.90 Å². The number of carbonyl (C=O) groups is 1. The van der Waals surface area contributed by atoms with Crippen molar-refractivity contribution in [2.24, 2.45) is 0 Å². The summed E-state index contributed by atoms with van der Waals surface area (Å²) in [7, 11) is 0. The number of hydrogen-bond acceptors (Lipinski definition) is 5. The monoisotopic (exact) mass is 409 g/mol. The summed E-state index contributed by atoms with van der Waals surface area (Å²) >= 11 is 7.57. The molecule has 0 atom stereocenters. The SMILES string of the molecule is O=C(c1nnc2n1CCC2)N(Cc1ccccc1)c1nc2ccc(Cl)cc2s1. The summed E-state index contributed by atoms with van der Waals surface area (Å²) in [6.07, 6.45) is 1.85. The van der Waals surface area contributed by atoms with Crippen LogP contribution in [0.25, 0.3) is 10.2 Å². The number of benzene rings is 2. The van der Waals surface area contributed by atoms with Crippen LogP contribution >= 0.6 is 22.9 Å². The fraction of sp³-hybridized carbons (Fsp3) is 0.200. The Morgan fingerprint density at radius 2 is 2.04 bits per heavy atom. The van der Waals surface area contributed by atoms with Gasteiger partial charge in [-0.05, 0) is 30.2 Å². The van der Waals surface area contributed by atoms with Crippen LogP contribution in [0, 0.1) is 0 Å². The fourth-order valence-electron chi connectivity index (χ4n) is 3.42. The lowest BCUT2D eigenvalue weighted by Gasteiger charge is -2.19. The standard InChI is InChI=1S/C20H16ClN5OS/c21-14-8-9-15-16(11-14)28-20(22-15)26(12-13-5-2-1-3-6-13)19(27)18-24-23-17-7-4-10-25(17)18/h1-3,5-6,8-9,11H,4,7,10,12H2. The van der Waals surface area contributed by atoms with Gasteiger partial charge in [-0.1, -0.05) is 53.3 Å². The minimum atomic E-state index is -0.186. The summed E-state index contributed by atoms with van der Waals surface area (Å²) in [5.41, 5.74) is 1.84. The van der Waals surface area contributed by atoms with Crippen LogP contribution in [0.15, 0.2) is 48.5 Å². The van der Waals surface area contributed by atoms with Gasteiger partial charge < -0.3 is 4.57 Å². The molecule has 0 aliphatic carbocycles. The minimum Gasteiger partial charge on any atom is -0.307 e. The average molecular weight is 410 g/mol. The van der Waals surface area contributed by atoms with Crippen molar-refractivity contribution >= 4 is 44.2 Å². The zero-order valence-electron chi connectivity index (χ0n) is 14.9. The number of aromatic nitrogens is 4. The molecule has 28 heavy (non-hydrogen) atoms. The molecular formula is C20H16ClN5OS. The summed E-state index contributed by atoms with van der Waals surface area (Å²) in [5.74, 6) is 1.06. The number of amides is 1. The maximum atomic E-state index is 13.5. The quantitative estimate of drug-likeness (QED) is 0.503. The Morgan fingerprint density at radius 3 is 2.89 bits per heavy atom. The Morgan fingerprint density at radius 1 is 1.18 bits per heavy atom. The normalized spacial score (nSPS) is 13.0. The summed E-state index contributed by atoms with van der Waals surface area (Å²) in [6.45, 7) is 1.19. The molecule has 0 N–H and O–H groups in total. The maximum absolute atomic E-state index is 13.5. The summed E-state index contributed by atoms with van der Waals surface area (Å²) in [4.78, 5) is 19.8. The summed E-state index contributed by atoms with van der Waals surface area (Å²) < 4.78 is 2.87. The van der Waals surface area contributed by atoms with Crippen molar-refractivity contribution < 1.29 is 4.79 Å². The lowest BCUT2D eigenvalue weighted by atomic mass is 10.2. The largest absolute Gasteiger partial charge is 0.307 e. The molecule has 8 heteroatoms. The van der Waals surface area contributed by atoms with E-state index in [0.29, 0.717) is 22.5 Å². The maximum Gasteiger partial charge on any atom is 0.298 e. The molecule has 2 aromatic heterocycles. The third-order valence-corrected chi connectivity index (χ3v) is 6.08. The second kappa shape index (κ2) is 7.00. The lowest BCUT2D eigenvalue weighted by molar-refractivity contribution is 0.0971. The minimum absolute atomic E-state index is 0.186. The second-order valence-electron chi connectivity index (χ2n) is 6.68. The van der Waals surface area contributed by atoms with Gasteiger partial charge in [-0.25, -0.2) is 4.98 Å². The predicted molar refractivity (Wildman–Crippen MR) is 110 cm³/mol. The van der Waals surface area contributed by atoms with Crippen LogP contribution in [-0.2, 0) is 19.5 Å². The Bertz CT molecular complexity index is 1170. The summed E-state index contributed by atoms with van der Waals surface area (Å²) in [5, 5.41) is 9.64. The molecule has 0 bridgehead atoms. The highest BCUT2D eigenvalue weighted by atomic mass is 35.5. The van der Waals surface area contributed by atoms with Crippen LogP contribution in [0.2, 0.25) is 5.02 Å². The first-order valence-corrected chi connectivity index (χ1v) is 10.2. The molecule has 6 nitrogen and oxygen atoms in total. The van der Waals surface area contributed by atoms with E-state index in [1.165, 1.54) is 11.3 Å². The van der Waals surface area contributed by atoms with Gasteiger partial charge in [0, 0.05) is 18.0 Å². The molecule has 5 rings (SSSR count). The van der Waals surface area contributed by atoms with Crippen molar-refractivity contribution in [3.05, 3.63) is 70.8 Å². The number of fused-ring (bicyclic) bond motifs is 2. The van der Waals surface area contributed by atoms with Crippen LogP contribution in [-0.4, -0.2) is 25.7 Å². The van der Waals surface area contributed by atoms with Crippen LogP contribution in [0.3, 0.4) is 0 Å². The van der Waals surface area contributed by atoms with E-state index < -0.39 is 0 Å². The molecule has 140 valence electrons. The van der Waals surface area contributed by atoms with E-state index in [9.17, 15) is 4.79 Å². The van der Waals surface area contributed by atoms with E-state index in [2.05, 4.69) is 15.2 Å². The molecule has 3 heterocycles. The third-order valence-electron chi connectivity index (χ3n) is 4.80. The molecule has 0 radical (unpaired) electrons. The van der Waals surface area contributed by atoms with Crippen molar-refractivity contribution in [3.63, 3.8) is 0 Å². The van der Waals surface area contributed by atoms with E-state index in [0.717, 1.165) is 41.0 Å². The van der Waals surface area contributed by atoms with E-state index >= 15 is 0 Å². The average Bonchev–Trinajstić information content (AvgIpc) is 3.41. The number of carbonyl (C=O) groups excluding carboxylic acids is 1. The van der Waals surface area contributed by atoms with Crippen molar-refractivity contribution in [1.29, 1.82) is 0 Å². The number of aryl methyl sites for hydroxylation is 1. The lowest BCUT2D eigenvalue weighted by Crippen LogP contribution is -2.32. The number of rotatable bonds is 4. The van der Waals surface area contributed by atoms with Gasteiger partial charge in [0.25, 0.3) is 5.91 Å². The van der Waals surface area contributed by atoms with E-state index in [4.69, 9.17) is 11.6 Å². The van der Waals surface area contributed by atoms with Crippen LogP contribution in [0.4, 0.5) is 5.13 Å². The van der Waals surface area contributed by atoms with Crippen molar-refractivity contribution in [3.8, 4) is 0 Å². The molecule has 0 saturated carbocycles. The third kappa shape index (κ3) is 3.06. The van der Waals surface area contributed by atoms with Crippen molar-refractivity contribution in [2.45, 2.75) is 25.9 Å². The number of anilines is 1. The Hall–Kier alpha value is -2.77. The molecule has 2 aromatic carbocycles. The van der Waals surface area contributed by atoms with Gasteiger partial charge in [-0.2, -0.15) is 0 Å². The van der Waals surface area contributed by atoms with Gasteiger partial charge in [0.1, 0.15) is 5.82 Å². The highest BCUT2D eigenvalue weighted by Crippen LogP contribution is 2.32.